The van der Waals surface area contributed by atoms with Crippen molar-refractivity contribution in [2.45, 2.75) is 0 Å². The van der Waals surface area contributed by atoms with E-state index in [-0.39, 0.29) is 17.0 Å². The Morgan fingerprint density at radius 2 is 1.78 bits per heavy atom. The van der Waals surface area contributed by atoms with Gasteiger partial charge < -0.3 is 9.52 Å². The summed E-state index contributed by atoms with van der Waals surface area (Å²) in [5.74, 6) is -0.750. The lowest BCUT2D eigenvalue weighted by Crippen LogP contribution is -2.35. The zero-order valence-corrected chi connectivity index (χ0v) is 17.2. The minimum Gasteiger partial charge on any atom is -0.478 e. The summed E-state index contributed by atoms with van der Waals surface area (Å²) in [6, 6.07) is 19.1. The van der Waals surface area contributed by atoms with Crippen molar-refractivity contribution in [1.29, 1.82) is 5.41 Å². The van der Waals surface area contributed by atoms with Gasteiger partial charge in [-0.2, -0.15) is 15.1 Å². The Morgan fingerprint density at radius 1 is 1.03 bits per heavy atom. The number of carboxylic acids is 1. The van der Waals surface area contributed by atoms with Gasteiger partial charge in [0.05, 0.1) is 11.1 Å². The number of amides is 1. The molecule has 8 nitrogen and oxygen atoms in total. The molecule has 0 radical (unpaired) electrons. The number of carbonyl (C=O) groups is 2. The molecule has 0 bridgehead atoms. The van der Waals surface area contributed by atoms with Gasteiger partial charge in [-0.05, 0) is 42.1 Å². The van der Waals surface area contributed by atoms with Gasteiger partial charge in [-0.25, -0.2) is 4.79 Å². The zero-order chi connectivity index (χ0) is 22.2. The minimum atomic E-state index is -1.01. The molecule has 2 aromatic carbocycles. The summed E-state index contributed by atoms with van der Waals surface area (Å²) in [5.41, 5.74) is 1.81. The molecule has 0 fully saturated rings. The van der Waals surface area contributed by atoms with Gasteiger partial charge in [-0.15, -0.1) is 0 Å². The SMILES string of the molecule is N=C1/C(=C/c2ccc(-c3ccc(C(=O)O)cc3)o2)C(=O)N=C2SC(c3ccccc3)=NN12. The summed E-state index contributed by atoms with van der Waals surface area (Å²) in [4.78, 5) is 27.7. The van der Waals surface area contributed by atoms with Crippen molar-refractivity contribution in [1.82, 2.24) is 5.01 Å². The van der Waals surface area contributed by atoms with Gasteiger partial charge in [0.25, 0.3) is 5.91 Å². The van der Waals surface area contributed by atoms with Crippen molar-refractivity contribution in [2.75, 3.05) is 0 Å². The number of hydrazone groups is 1. The number of carboxylic acid groups (broad SMARTS) is 1. The second-order valence-corrected chi connectivity index (χ2v) is 7.83. The maximum atomic E-state index is 12.6. The van der Waals surface area contributed by atoms with E-state index in [4.69, 9.17) is 14.9 Å². The van der Waals surface area contributed by atoms with E-state index in [0.29, 0.717) is 27.3 Å². The Labute approximate surface area is 186 Å². The summed E-state index contributed by atoms with van der Waals surface area (Å²) in [7, 11) is 0. The first kappa shape index (κ1) is 19.7. The number of amidine groups is 2. The molecule has 0 saturated heterocycles. The van der Waals surface area contributed by atoms with Crippen LogP contribution in [0, 0.1) is 5.41 Å². The summed E-state index contributed by atoms with van der Waals surface area (Å²) < 4.78 is 5.79. The standard InChI is InChI=1S/C23H14N4O4S/c24-19-17(12-16-10-11-18(31-16)13-6-8-15(9-7-13)22(29)30)20(28)25-23-27(19)26-21(32-23)14-4-2-1-3-5-14/h1-12,24H,(H,29,30)/b17-12-,24-19?. The normalized spacial score (nSPS) is 16.8. The molecule has 9 heteroatoms. The second kappa shape index (κ2) is 7.78. The van der Waals surface area contributed by atoms with E-state index in [1.807, 2.05) is 30.3 Å². The first-order valence-corrected chi connectivity index (χ1v) is 10.3. The van der Waals surface area contributed by atoms with Crippen LogP contribution in [0.15, 0.2) is 86.8 Å². The smallest absolute Gasteiger partial charge is 0.335 e. The Morgan fingerprint density at radius 3 is 2.50 bits per heavy atom. The third-order valence-corrected chi connectivity index (χ3v) is 5.76. The maximum absolute atomic E-state index is 12.6. The molecule has 3 aromatic rings. The van der Waals surface area contributed by atoms with Crippen LogP contribution < -0.4 is 0 Å². The van der Waals surface area contributed by atoms with Gasteiger partial charge in [0.15, 0.2) is 5.84 Å². The molecule has 5 rings (SSSR count). The number of carbonyl (C=O) groups excluding carboxylic acids is 1. The van der Waals surface area contributed by atoms with Crippen molar-refractivity contribution in [2.24, 2.45) is 10.1 Å². The monoisotopic (exact) mass is 442 g/mol. The molecular formula is C23H14N4O4S. The molecule has 0 saturated carbocycles. The molecule has 2 aliphatic rings. The van der Waals surface area contributed by atoms with Crippen molar-refractivity contribution in [3.63, 3.8) is 0 Å². The molecule has 2 aliphatic heterocycles. The average Bonchev–Trinajstić information content (AvgIpc) is 3.45. The fourth-order valence-electron chi connectivity index (χ4n) is 3.19. The molecule has 0 spiro atoms. The number of aromatic carboxylic acids is 1. The number of fused-ring (bicyclic) bond motifs is 1. The second-order valence-electron chi connectivity index (χ2n) is 6.88. The third kappa shape index (κ3) is 3.54. The summed E-state index contributed by atoms with van der Waals surface area (Å²) >= 11 is 1.24. The highest BCUT2D eigenvalue weighted by molar-refractivity contribution is 8.27. The van der Waals surface area contributed by atoms with Crippen LogP contribution in [0.25, 0.3) is 17.4 Å². The number of furan rings is 1. The number of nitrogens with one attached hydrogen (secondary N) is 1. The van der Waals surface area contributed by atoms with Gasteiger partial charge in [0.1, 0.15) is 16.6 Å². The molecular weight excluding hydrogens is 428 g/mol. The highest BCUT2D eigenvalue weighted by atomic mass is 32.2. The van der Waals surface area contributed by atoms with E-state index in [1.54, 1.807) is 24.3 Å². The molecule has 0 unspecified atom stereocenters. The van der Waals surface area contributed by atoms with Crippen LogP contribution in [0.4, 0.5) is 0 Å². The van der Waals surface area contributed by atoms with Crippen molar-refractivity contribution < 1.29 is 19.1 Å². The van der Waals surface area contributed by atoms with Gasteiger partial charge in [0.2, 0.25) is 5.17 Å². The molecule has 156 valence electrons. The molecule has 1 amide bonds. The van der Waals surface area contributed by atoms with E-state index in [0.717, 1.165) is 5.56 Å². The van der Waals surface area contributed by atoms with E-state index in [9.17, 15) is 9.59 Å². The van der Waals surface area contributed by atoms with Gasteiger partial charge in [0, 0.05) is 11.1 Å². The number of thioether (sulfide) groups is 1. The van der Waals surface area contributed by atoms with E-state index in [1.165, 1.54) is 35.0 Å². The zero-order valence-electron chi connectivity index (χ0n) is 16.4. The fourth-order valence-corrected chi connectivity index (χ4v) is 4.09. The van der Waals surface area contributed by atoms with Crippen LogP contribution >= 0.6 is 11.8 Å². The van der Waals surface area contributed by atoms with Crippen LogP contribution in [0.3, 0.4) is 0 Å². The summed E-state index contributed by atoms with van der Waals surface area (Å²) in [6.45, 7) is 0. The van der Waals surface area contributed by atoms with Crippen LogP contribution in [-0.2, 0) is 4.79 Å². The highest BCUT2D eigenvalue weighted by Crippen LogP contribution is 2.31. The predicted molar refractivity (Wildman–Crippen MR) is 122 cm³/mol. The maximum Gasteiger partial charge on any atom is 0.335 e. The van der Waals surface area contributed by atoms with Crippen molar-refractivity contribution in [3.05, 3.63) is 89.2 Å². The van der Waals surface area contributed by atoms with Gasteiger partial charge in [-0.1, -0.05) is 42.5 Å². The lowest BCUT2D eigenvalue weighted by molar-refractivity contribution is -0.114. The number of hydrogen-bond acceptors (Lipinski definition) is 6. The van der Waals surface area contributed by atoms with Crippen molar-refractivity contribution >= 4 is 45.8 Å². The molecule has 0 atom stereocenters. The van der Waals surface area contributed by atoms with Gasteiger partial charge in [-0.3, -0.25) is 10.2 Å². The van der Waals surface area contributed by atoms with Crippen molar-refractivity contribution in [3.8, 4) is 11.3 Å². The summed E-state index contributed by atoms with van der Waals surface area (Å²) in [5, 5.41) is 24.3. The largest absolute Gasteiger partial charge is 0.478 e. The molecule has 32 heavy (non-hydrogen) atoms. The van der Waals surface area contributed by atoms with Crippen LogP contribution in [0.2, 0.25) is 0 Å². The van der Waals surface area contributed by atoms with E-state index in [2.05, 4.69) is 10.1 Å². The van der Waals surface area contributed by atoms with Gasteiger partial charge >= 0.3 is 5.97 Å². The van der Waals surface area contributed by atoms with E-state index < -0.39 is 11.9 Å². The number of rotatable bonds is 4. The van der Waals surface area contributed by atoms with E-state index >= 15 is 0 Å². The predicted octanol–water partition coefficient (Wildman–Crippen LogP) is 4.31. The number of aliphatic imine (C=N–C) groups is 1. The van der Waals surface area contributed by atoms with Crippen LogP contribution in [0.1, 0.15) is 21.7 Å². The fraction of sp³-hybridized carbons (Fsp3) is 0. The Bertz CT molecular complexity index is 1350. The minimum absolute atomic E-state index is 0.0644. The first-order chi connectivity index (χ1) is 15.5. The number of benzene rings is 2. The Balaban J connectivity index is 1.42. The Hall–Kier alpha value is -4.24. The lowest BCUT2D eigenvalue weighted by atomic mass is 10.1. The summed E-state index contributed by atoms with van der Waals surface area (Å²) in [6.07, 6.45) is 1.46. The first-order valence-electron chi connectivity index (χ1n) is 9.49. The van der Waals surface area contributed by atoms with Crippen LogP contribution in [0.5, 0.6) is 0 Å². The third-order valence-electron chi connectivity index (χ3n) is 4.80. The quantitative estimate of drug-likeness (QED) is 0.581. The Kier molecular flexibility index (Phi) is 4.79. The molecule has 2 N–H and O–H groups in total. The average molecular weight is 442 g/mol. The topological polar surface area (TPSA) is 119 Å². The highest BCUT2D eigenvalue weighted by Gasteiger charge is 2.36. The number of nitrogens with zero attached hydrogens (tertiary/aromatic N) is 3. The lowest BCUT2D eigenvalue weighted by Gasteiger charge is -2.19. The molecule has 3 heterocycles. The molecule has 1 aromatic heterocycles. The van der Waals surface area contributed by atoms with Crippen LogP contribution in [-0.4, -0.2) is 38.0 Å². The molecule has 0 aliphatic carbocycles. The number of hydrogen-bond donors (Lipinski definition) is 2.